The molecule has 5 heteroatoms. The summed E-state index contributed by atoms with van der Waals surface area (Å²) in [6.45, 7) is 0.396. The molecule has 1 aliphatic rings. The van der Waals surface area contributed by atoms with Crippen molar-refractivity contribution in [2.45, 2.75) is 5.92 Å². The molecular formula is C17H17NO4. The first-order chi connectivity index (χ1) is 10.8. The smallest absolute Gasteiger partial charge is 0.132 e. The van der Waals surface area contributed by atoms with Crippen LogP contribution in [-0.2, 0) is 0 Å². The Balaban J connectivity index is 2.01. The molecule has 0 aliphatic carbocycles. The van der Waals surface area contributed by atoms with Crippen LogP contribution in [0.4, 0.5) is 0 Å². The minimum atomic E-state index is -0.152. The topological polar surface area (TPSA) is 60.3 Å². The third-order valence-corrected chi connectivity index (χ3v) is 3.80. The van der Waals surface area contributed by atoms with Gasteiger partial charge in [-0.15, -0.1) is 0 Å². The standard InChI is InChI=1S/C17H17NO4/c1-20-12-5-3-4-11(8-12)15-10-22-16-9-13(21-2)6-7-14(16)17(15)18-19/h3-9,15,19H,10H2,1-2H3. The molecule has 0 spiro atoms. The van der Waals surface area contributed by atoms with Crippen LogP contribution in [0.5, 0.6) is 17.2 Å². The molecule has 0 saturated heterocycles. The second-order valence-corrected chi connectivity index (χ2v) is 4.99. The van der Waals surface area contributed by atoms with Crippen LogP contribution < -0.4 is 14.2 Å². The van der Waals surface area contributed by atoms with Gasteiger partial charge in [-0.05, 0) is 29.8 Å². The summed E-state index contributed by atoms with van der Waals surface area (Å²) < 4.78 is 16.3. The van der Waals surface area contributed by atoms with Gasteiger partial charge in [-0.2, -0.15) is 0 Å². The first-order valence-corrected chi connectivity index (χ1v) is 6.94. The maximum Gasteiger partial charge on any atom is 0.132 e. The fourth-order valence-corrected chi connectivity index (χ4v) is 2.64. The Labute approximate surface area is 128 Å². The second-order valence-electron chi connectivity index (χ2n) is 4.99. The average Bonchev–Trinajstić information content (AvgIpc) is 2.60. The molecule has 0 fully saturated rings. The summed E-state index contributed by atoms with van der Waals surface area (Å²) in [4.78, 5) is 0. The molecule has 1 unspecified atom stereocenters. The monoisotopic (exact) mass is 299 g/mol. The summed E-state index contributed by atoms with van der Waals surface area (Å²) in [5.74, 6) is 1.97. The minimum Gasteiger partial charge on any atom is -0.497 e. The highest BCUT2D eigenvalue weighted by molar-refractivity contribution is 6.08. The SMILES string of the molecule is COc1cccc(C2COc3cc(OC)ccc3C2=NO)c1. The van der Waals surface area contributed by atoms with Gasteiger partial charge in [0.25, 0.3) is 0 Å². The van der Waals surface area contributed by atoms with Crippen LogP contribution >= 0.6 is 0 Å². The molecule has 114 valence electrons. The van der Waals surface area contributed by atoms with Crippen LogP contribution in [0.15, 0.2) is 47.6 Å². The van der Waals surface area contributed by atoms with E-state index in [9.17, 15) is 5.21 Å². The first kappa shape index (κ1) is 14.3. The molecule has 1 heterocycles. The molecule has 0 radical (unpaired) electrons. The molecule has 1 atom stereocenters. The highest BCUT2D eigenvalue weighted by atomic mass is 16.5. The number of benzene rings is 2. The van der Waals surface area contributed by atoms with Gasteiger partial charge in [-0.25, -0.2) is 0 Å². The summed E-state index contributed by atoms with van der Waals surface area (Å²) in [6, 6.07) is 13.1. The van der Waals surface area contributed by atoms with E-state index in [0.29, 0.717) is 23.8 Å². The molecule has 3 rings (SSSR count). The van der Waals surface area contributed by atoms with Gasteiger partial charge < -0.3 is 19.4 Å². The van der Waals surface area contributed by atoms with Gasteiger partial charge in [0.05, 0.1) is 20.1 Å². The van der Waals surface area contributed by atoms with E-state index in [-0.39, 0.29) is 5.92 Å². The lowest BCUT2D eigenvalue weighted by Crippen LogP contribution is -2.26. The first-order valence-electron chi connectivity index (χ1n) is 6.94. The Bertz CT molecular complexity index is 712. The minimum absolute atomic E-state index is 0.152. The van der Waals surface area contributed by atoms with Crippen molar-refractivity contribution in [3.8, 4) is 17.2 Å². The molecule has 2 aromatic carbocycles. The predicted octanol–water partition coefficient (Wildman–Crippen LogP) is 3.06. The van der Waals surface area contributed by atoms with Gasteiger partial charge >= 0.3 is 0 Å². The zero-order chi connectivity index (χ0) is 15.5. The molecule has 1 N–H and O–H groups in total. The lowest BCUT2D eigenvalue weighted by molar-refractivity contribution is 0.283. The van der Waals surface area contributed by atoms with Gasteiger partial charge in [0, 0.05) is 11.6 Å². The molecule has 2 aromatic rings. The van der Waals surface area contributed by atoms with Crippen LogP contribution in [0.3, 0.4) is 0 Å². The van der Waals surface area contributed by atoms with Crippen LogP contribution in [0, 0.1) is 0 Å². The van der Waals surface area contributed by atoms with E-state index in [0.717, 1.165) is 16.9 Å². The predicted molar refractivity (Wildman–Crippen MR) is 82.5 cm³/mol. The van der Waals surface area contributed by atoms with Gasteiger partial charge in [-0.3, -0.25) is 0 Å². The van der Waals surface area contributed by atoms with Crippen molar-refractivity contribution >= 4 is 5.71 Å². The van der Waals surface area contributed by atoms with Crippen molar-refractivity contribution in [3.63, 3.8) is 0 Å². The highest BCUT2D eigenvalue weighted by Crippen LogP contribution is 2.36. The van der Waals surface area contributed by atoms with Crippen molar-refractivity contribution in [2.75, 3.05) is 20.8 Å². The number of nitrogens with zero attached hydrogens (tertiary/aromatic N) is 1. The third-order valence-electron chi connectivity index (χ3n) is 3.80. The Morgan fingerprint density at radius 1 is 1.09 bits per heavy atom. The molecule has 0 saturated carbocycles. The quantitative estimate of drug-likeness (QED) is 0.699. The summed E-state index contributed by atoms with van der Waals surface area (Å²) in [5, 5.41) is 13.0. The molecule has 0 amide bonds. The van der Waals surface area contributed by atoms with E-state index in [4.69, 9.17) is 14.2 Å². The molecule has 0 bridgehead atoms. The van der Waals surface area contributed by atoms with E-state index in [1.807, 2.05) is 36.4 Å². The van der Waals surface area contributed by atoms with E-state index < -0.39 is 0 Å². The van der Waals surface area contributed by atoms with E-state index in [1.54, 1.807) is 20.3 Å². The van der Waals surface area contributed by atoms with E-state index in [1.165, 1.54) is 0 Å². The van der Waals surface area contributed by atoms with Crippen molar-refractivity contribution < 1.29 is 19.4 Å². The molecule has 0 aromatic heterocycles. The van der Waals surface area contributed by atoms with Crippen LogP contribution in [-0.4, -0.2) is 31.7 Å². The van der Waals surface area contributed by atoms with E-state index >= 15 is 0 Å². The second kappa shape index (κ2) is 5.97. The molecule has 1 aliphatic heterocycles. The Kier molecular flexibility index (Phi) is 3.87. The summed E-state index contributed by atoms with van der Waals surface area (Å²) in [7, 11) is 3.23. The zero-order valence-electron chi connectivity index (χ0n) is 12.4. The summed E-state index contributed by atoms with van der Waals surface area (Å²) in [6.07, 6.45) is 0. The Hall–Kier alpha value is -2.69. The van der Waals surface area contributed by atoms with Gasteiger partial charge in [0.15, 0.2) is 0 Å². The molecule has 5 nitrogen and oxygen atoms in total. The third kappa shape index (κ3) is 2.45. The number of ether oxygens (including phenoxy) is 3. The fraction of sp³-hybridized carbons (Fsp3) is 0.235. The Morgan fingerprint density at radius 2 is 1.86 bits per heavy atom. The van der Waals surface area contributed by atoms with Crippen LogP contribution in [0.1, 0.15) is 17.0 Å². The maximum absolute atomic E-state index is 9.49. The van der Waals surface area contributed by atoms with E-state index in [2.05, 4.69) is 5.16 Å². The zero-order valence-corrected chi connectivity index (χ0v) is 12.4. The average molecular weight is 299 g/mol. The van der Waals surface area contributed by atoms with Crippen molar-refractivity contribution in [1.29, 1.82) is 0 Å². The molecular weight excluding hydrogens is 282 g/mol. The van der Waals surface area contributed by atoms with Crippen molar-refractivity contribution in [2.24, 2.45) is 5.16 Å². The highest BCUT2D eigenvalue weighted by Gasteiger charge is 2.29. The van der Waals surface area contributed by atoms with Gasteiger partial charge in [0.1, 0.15) is 29.6 Å². The summed E-state index contributed by atoms with van der Waals surface area (Å²) in [5.41, 5.74) is 2.33. The number of oxime groups is 1. The number of hydrogen-bond acceptors (Lipinski definition) is 5. The largest absolute Gasteiger partial charge is 0.497 e. The fourth-order valence-electron chi connectivity index (χ4n) is 2.64. The normalized spacial score (nSPS) is 18.5. The van der Waals surface area contributed by atoms with Crippen molar-refractivity contribution in [3.05, 3.63) is 53.6 Å². The van der Waals surface area contributed by atoms with Crippen LogP contribution in [0.25, 0.3) is 0 Å². The van der Waals surface area contributed by atoms with Crippen molar-refractivity contribution in [1.82, 2.24) is 0 Å². The van der Waals surface area contributed by atoms with Gasteiger partial charge in [0.2, 0.25) is 0 Å². The number of rotatable bonds is 3. The molecule has 22 heavy (non-hydrogen) atoms. The van der Waals surface area contributed by atoms with Gasteiger partial charge in [-0.1, -0.05) is 17.3 Å². The number of fused-ring (bicyclic) bond motifs is 1. The number of hydrogen-bond donors (Lipinski definition) is 1. The Morgan fingerprint density at radius 3 is 2.59 bits per heavy atom. The van der Waals surface area contributed by atoms with Crippen LogP contribution in [0.2, 0.25) is 0 Å². The lowest BCUT2D eigenvalue weighted by Gasteiger charge is -2.27. The summed E-state index contributed by atoms with van der Waals surface area (Å²) >= 11 is 0. The lowest BCUT2D eigenvalue weighted by atomic mass is 9.88. The maximum atomic E-state index is 9.49. The number of methoxy groups -OCH3 is 2.